The molecule has 1 fully saturated rings. The predicted molar refractivity (Wildman–Crippen MR) is 74.7 cm³/mol. The monoisotopic (exact) mass is 264 g/mol. The molecule has 0 radical (unpaired) electrons. The topological polar surface area (TPSA) is 56.3 Å². The highest BCUT2D eigenvalue weighted by Crippen LogP contribution is 2.27. The fourth-order valence-corrected chi connectivity index (χ4v) is 2.86. The van der Waals surface area contributed by atoms with Crippen molar-refractivity contribution in [3.63, 3.8) is 0 Å². The zero-order chi connectivity index (χ0) is 13.7. The Morgan fingerprint density at radius 1 is 1.42 bits per heavy atom. The molecule has 4 heteroatoms. The second-order valence-corrected chi connectivity index (χ2v) is 5.56. The van der Waals surface area contributed by atoms with E-state index < -0.39 is 0 Å². The summed E-state index contributed by atoms with van der Waals surface area (Å²) in [7, 11) is 1.92. The predicted octanol–water partition coefficient (Wildman–Crippen LogP) is 1.96. The van der Waals surface area contributed by atoms with Crippen LogP contribution in [0.2, 0.25) is 0 Å². The number of aromatic amines is 1. The Bertz CT molecular complexity index is 381. The number of aryl methyl sites for hydroxylation is 1. The molecule has 2 N–H and O–H groups in total. The van der Waals surface area contributed by atoms with Gasteiger partial charge in [-0.2, -0.15) is 0 Å². The van der Waals surface area contributed by atoms with Crippen LogP contribution in [0.3, 0.4) is 0 Å². The van der Waals surface area contributed by atoms with Crippen molar-refractivity contribution in [2.24, 2.45) is 5.92 Å². The summed E-state index contributed by atoms with van der Waals surface area (Å²) in [5.41, 5.74) is 1.12. The molecule has 1 amide bonds. The summed E-state index contributed by atoms with van der Waals surface area (Å²) in [4.78, 5) is 17.2. The number of carbonyl (C=O) groups is 1. The van der Waals surface area contributed by atoms with Gasteiger partial charge in [-0.15, -0.1) is 0 Å². The molecular weight excluding hydrogens is 240 g/mol. The Hall–Kier alpha value is -1.29. The summed E-state index contributed by atoms with van der Waals surface area (Å²) in [5, 5.41) is 9.13. The summed E-state index contributed by atoms with van der Waals surface area (Å²) >= 11 is 0. The number of H-pyrrole nitrogens is 1. The van der Waals surface area contributed by atoms with Crippen molar-refractivity contribution in [3.05, 3.63) is 24.0 Å². The number of aliphatic hydroxyl groups excluding tert-OH is 1. The third kappa shape index (κ3) is 3.83. The molecule has 19 heavy (non-hydrogen) atoms. The normalized spacial score (nSPS) is 23.3. The first kappa shape index (κ1) is 14.1. The third-order valence-corrected chi connectivity index (χ3v) is 4.29. The van der Waals surface area contributed by atoms with E-state index in [2.05, 4.69) is 4.98 Å². The van der Waals surface area contributed by atoms with Crippen LogP contribution >= 0.6 is 0 Å². The van der Waals surface area contributed by atoms with Crippen molar-refractivity contribution in [1.29, 1.82) is 0 Å². The first-order chi connectivity index (χ1) is 9.20. The number of hydrogen-bond acceptors (Lipinski definition) is 2. The minimum absolute atomic E-state index is 0.224. The Morgan fingerprint density at radius 3 is 2.74 bits per heavy atom. The van der Waals surface area contributed by atoms with Crippen molar-refractivity contribution < 1.29 is 9.90 Å². The molecule has 1 aromatic heterocycles. The quantitative estimate of drug-likeness (QED) is 0.854. The number of nitrogens with zero attached hydrogens (tertiary/aromatic N) is 1. The van der Waals surface area contributed by atoms with Crippen LogP contribution in [0.5, 0.6) is 0 Å². The number of rotatable bonds is 5. The van der Waals surface area contributed by atoms with E-state index in [1.165, 1.54) is 0 Å². The molecule has 106 valence electrons. The Labute approximate surface area is 114 Å². The smallest absolute Gasteiger partial charge is 0.222 e. The number of nitrogens with one attached hydrogen (secondary N) is 1. The van der Waals surface area contributed by atoms with Crippen LogP contribution in [0, 0.1) is 5.92 Å². The van der Waals surface area contributed by atoms with Gasteiger partial charge in [0, 0.05) is 38.0 Å². The minimum Gasteiger partial charge on any atom is -0.396 e. The van der Waals surface area contributed by atoms with Crippen LogP contribution in [0.25, 0.3) is 0 Å². The first-order valence-electron chi connectivity index (χ1n) is 7.19. The van der Waals surface area contributed by atoms with Crippen LogP contribution in [-0.2, 0) is 11.2 Å². The molecule has 2 rings (SSSR count). The van der Waals surface area contributed by atoms with Crippen LogP contribution in [0.15, 0.2) is 18.3 Å². The molecule has 1 aliphatic carbocycles. The maximum Gasteiger partial charge on any atom is 0.222 e. The molecule has 1 saturated carbocycles. The molecular formula is C15H24N2O2. The zero-order valence-corrected chi connectivity index (χ0v) is 11.6. The van der Waals surface area contributed by atoms with Crippen molar-refractivity contribution in [3.8, 4) is 0 Å². The van der Waals surface area contributed by atoms with E-state index in [0.717, 1.165) is 37.8 Å². The summed E-state index contributed by atoms with van der Waals surface area (Å²) in [6, 6.07) is 4.33. The van der Waals surface area contributed by atoms with E-state index >= 15 is 0 Å². The van der Waals surface area contributed by atoms with Crippen molar-refractivity contribution in [2.45, 2.75) is 44.6 Å². The highest BCUT2D eigenvalue weighted by Gasteiger charge is 2.25. The first-order valence-corrected chi connectivity index (χ1v) is 7.19. The van der Waals surface area contributed by atoms with Gasteiger partial charge in [-0.3, -0.25) is 4.79 Å². The minimum atomic E-state index is 0.224. The van der Waals surface area contributed by atoms with Gasteiger partial charge < -0.3 is 15.0 Å². The molecule has 1 aliphatic rings. The Balaban J connectivity index is 1.76. The van der Waals surface area contributed by atoms with Gasteiger partial charge in [-0.05, 0) is 50.2 Å². The van der Waals surface area contributed by atoms with Gasteiger partial charge in [0.25, 0.3) is 0 Å². The molecule has 1 heterocycles. The van der Waals surface area contributed by atoms with Crippen molar-refractivity contribution in [1.82, 2.24) is 9.88 Å². The molecule has 0 spiro atoms. The maximum absolute atomic E-state index is 12.2. The largest absolute Gasteiger partial charge is 0.396 e. The zero-order valence-electron chi connectivity index (χ0n) is 11.6. The molecule has 0 unspecified atom stereocenters. The average Bonchev–Trinajstić information content (AvgIpc) is 2.97. The van der Waals surface area contributed by atoms with Crippen LogP contribution < -0.4 is 0 Å². The van der Waals surface area contributed by atoms with Gasteiger partial charge in [0.2, 0.25) is 5.91 Å². The standard InChI is InChI=1S/C15H24N2O2/c1-17(14-7-4-12(11-18)5-8-14)15(19)9-6-13-3-2-10-16-13/h2-3,10,12,14,16,18H,4-9,11H2,1H3. The van der Waals surface area contributed by atoms with E-state index in [1.54, 1.807) is 0 Å². The molecule has 1 aromatic rings. The van der Waals surface area contributed by atoms with Crippen LogP contribution in [0.1, 0.15) is 37.8 Å². The highest BCUT2D eigenvalue weighted by molar-refractivity contribution is 5.76. The number of amides is 1. The summed E-state index contributed by atoms with van der Waals surface area (Å²) < 4.78 is 0. The van der Waals surface area contributed by atoms with Crippen molar-refractivity contribution >= 4 is 5.91 Å². The maximum atomic E-state index is 12.2. The molecule has 0 bridgehead atoms. The third-order valence-electron chi connectivity index (χ3n) is 4.29. The number of carbonyl (C=O) groups excluding carboxylic acids is 1. The van der Waals surface area contributed by atoms with Gasteiger partial charge >= 0.3 is 0 Å². The lowest BCUT2D eigenvalue weighted by Crippen LogP contribution is -2.39. The second-order valence-electron chi connectivity index (χ2n) is 5.56. The van der Waals surface area contributed by atoms with E-state index in [9.17, 15) is 4.79 Å². The summed E-state index contributed by atoms with van der Waals surface area (Å²) in [6.45, 7) is 0.289. The van der Waals surface area contributed by atoms with Crippen molar-refractivity contribution in [2.75, 3.05) is 13.7 Å². The van der Waals surface area contributed by atoms with E-state index in [4.69, 9.17) is 5.11 Å². The van der Waals surface area contributed by atoms with Crippen LogP contribution in [-0.4, -0.2) is 40.6 Å². The van der Waals surface area contributed by atoms with Gasteiger partial charge in [0.1, 0.15) is 0 Å². The van der Waals surface area contributed by atoms with E-state index in [0.29, 0.717) is 18.4 Å². The fraction of sp³-hybridized carbons (Fsp3) is 0.667. The molecule has 0 aromatic carbocycles. The lowest BCUT2D eigenvalue weighted by Gasteiger charge is -2.34. The van der Waals surface area contributed by atoms with Gasteiger partial charge in [0.15, 0.2) is 0 Å². The number of aromatic nitrogens is 1. The fourth-order valence-electron chi connectivity index (χ4n) is 2.86. The lowest BCUT2D eigenvalue weighted by atomic mass is 9.86. The van der Waals surface area contributed by atoms with E-state index in [1.807, 2.05) is 30.3 Å². The highest BCUT2D eigenvalue weighted by atomic mass is 16.3. The summed E-state index contributed by atoms with van der Waals surface area (Å²) in [6.07, 6.45) is 7.36. The van der Waals surface area contributed by atoms with Gasteiger partial charge in [-0.1, -0.05) is 0 Å². The van der Waals surface area contributed by atoms with Crippen LogP contribution in [0.4, 0.5) is 0 Å². The molecule has 0 aliphatic heterocycles. The average molecular weight is 264 g/mol. The molecule has 0 atom stereocenters. The SMILES string of the molecule is CN(C(=O)CCc1ccc[nH]1)C1CCC(CO)CC1. The Morgan fingerprint density at radius 2 is 2.16 bits per heavy atom. The lowest BCUT2D eigenvalue weighted by molar-refractivity contribution is -0.132. The van der Waals surface area contributed by atoms with E-state index in [-0.39, 0.29) is 12.5 Å². The van der Waals surface area contributed by atoms with Gasteiger partial charge in [0.05, 0.1) is 0 Å². The van der Waals surface area contributed by atoms with Gasteiger partial charge in [-0.25, -0.2) is 0 Å². The molecule has 0 saturated heterocycles. The number of hydrogen-bond donors (Lipinski definition) is 2. The number of aliphatic hydroxyl groups is 1. The Kier molecular flexibility index (Phi) is 5.02. The second kappa shape index (κ2) is 6.75. The molecule has 4 nitrogen and oxygen atoms in total. The summed E-state index contributed by atoms with van der Waals surface area (Å²) in [5.74, 6) is 0.667.